The number of fused-ring (bicyclic) bond motifs is 6. The second-order valence-corrected chi connectivity index (χ2v) is 16.4. The number of nitrogens with zero attached hydrogens (tertiary/aromatic N) is 2. The van der Waals surface area contributed by atoms with Crippen molar-refractivity contribution >= 4 is 38.9 Å². The maximum absolute atomic E-state index is 2.47. The van der Waals surface area contributed by atoms with Crippen molar-refractivity contribution in [2.24, 2.45) is 0 Å². The molecule has 1 heterocycles. The fraction of sp³-hybridized carbons (Fsp3) is 0.0164. The molecule has 0 saturated heterocycles. The van der Waals surface area contributed by atoms with Crippen LogP contribution in [0, 0.1) is 0 Å². The molecular weight excluding hydrogens is 761 g/mol. The van der Waals surface area contributed by atoms with E-state index in [1.807, 2.05) is 0 Å². The van der Waals surface area contributed by atoms with E-state index in [-0.39, 0.29) is 0 Å². The Morgan fingerprint density at radius 3 is 1.49 bits per heavy atom. The normalized spacial score (nSPS) is 14.1. The lowest BCUT2D eigenvalue weighted by Gasteiger charge is -2.35. The summed E-state index contributed by atoms with van der Waals surface area (Å²) in [6.07, 6.45) is 0. The molecule has 0 amide bonds. The van der Waals surface area contributed by atoms with Gasteiger partial charge in [0.15, 0.2) is 0 Å². The van der Waals surface area contributed by atoms with E-state index in [1.165, 1.54) is 77.4 Å². The lowest BCUT2D eigenvalue weighted by Crippen LogP contribution is -2.28. The third-order valence-electron chi connectivity index (χ3n) is 13.1. The number of anilines is 3. The maximum atomic E-state index is 2.47. The van der Waals surface area contributed by atoms with Crippen LogP contribution in [0.4, 0.5) is 17.1 Å². The lowest BCUT2D eigenvalue weighted by atomic mass is 9.67. The standard InChI is InChI=1S/C61H42N2/c1-4-18-43(19-5-1)44-32-36-48(37-33-44)62(58-29-15-11-24-51(58)45-20-6-2-7-21-45)50-40-41-53-52-25-10-14-28-56(52)61(57(53)42-50,46-22-8-3-9-23-46)47-34-38-49(39-35-47)63-59-30-16-12-26-54(59)55-27-13-17-31-60(55)63/h1-42H. The lowest BCUT2D eigenvalue weighted by molar-refractivity contribution is 0.768. The van der Waals surface area contributed by atoms with Gasteiger partial charge >= 0.3 is 0 Å². The molecule has 0 radical (unpaired) electrons. The molecular formula is C61H42N2. The minimum Gasteiger partial charge on any atom is -0.310 e. The molecule has 0 saturated carbocycles. The van der Waals surface area contributed by atoms with E-state index in [0.29, 0.717) is 0 Å². The van der Waals surface area contributed by atoms with E-state index in [1.54, 1.807) is 0 Å². The molecule has 1 aromatic heterocycles. The topological polar surface area (TPSA) is 8.17 Å². The molecule has 63 heavy (non-hydrogen) atoms. The highest BCUT2D eigenvalue weighted by molar-refractivity contribution is 6.09. The zero-order valence-corrected chi connectivity index (χ0v) is 34.6. The third-order valence-corrected chi connectivity index (χ3v) is 13.1. The Morgan fingerprint density at radius 1 is 0.317 bits per heavy atom. The van der Waals surface area contributed by atoms with Crippen LogP contribution in [0.2, 0.25) is 0 Å². The average molecular weight is 803 g/mol. The molecule has 0 fully saturated rings. The molecule has 0 N–H and O–H groups in total. The zero-order chi connectivity index (χ0) is 41.7. The summed E-state index contributed by atoms with van der Waals surface area (Å²) in [4.78, 5) is 2.45. The molecule has 1 aliphatic carbocycles. The average Bonchev–Trinajstić information content (AvgIpc) is 3.86. The molecule has 296 valence electrons. The van der Waals surface area contributed by atoms with E-state index in [9.17, 15) is 0 Å². The Hall–Kier alpha value is -8.20. The first-order valence-corrected chi connectivity index (χ1v) is 21.8. The molecule has 10 aromatic carbocycles. The van der Waals surface area contributed by atoms with Crippen LogP contribution >= 0.6 is 0 Å². The molecule has 1 atom stereocenters. The van der Waals surface area contributed by atoms with E-state index in [2.05, 4.69) is 264 Å². The van der Waals surface area contributed by atoms with Crippen molar-refractivity contribution in [2.75, 3.05) is 4.90 Å². The van der Waals surface area contributed by atoms with Crippen LogP contribution in [0.1, 0.15) is 22.3 Å². The van der Waals surface area contributed by atoms with Gasteiger partial charge in [-0.2, -0.15) is 0 Å². The van der Waals surface area contributed by atoms with Crippen molar-refractivity contribution in [3.63, 3.8) is 0 Å². The van der Waals surface area contributed by atoms with Gasteiger partial charge in [-0.15, -0.1) is 0 Å². The number of hydrogen-bond donors (Lipinski definition) is 0. The Morgan fingerprint density at radius 2 is 0.810 bits per heavy atom. The Bertz CT molecular complexity index is 3370. The monoisotopic (exact) mass is 802 g/mol. The van der Waals surface area contributed by atoms with Crippen molar-refractivity contribution in [3.05, 3.63) is 277 Å². The smallest absolute Gasteiger partial charge is 0.0714 e. The molecule has 11 aromatic rings. The van der Waals surface area contributed by atoms with Crippen molar-refractivity contribution in [2.45, 2.75) is 5.41 Å². The minimum atomic E-state index is -0.593. The van der Waals surface area contributed by atoms with Crippen LogP contribution in [0.25, 0.3) is 60.9 Å². The summed E-state index contributed by atoms with van der Waals surface area (Å²) in [7, 11) is 0. The molecule has 0 spiro atoms. The quantitative estimate of drug-likeness (QED) is 0.149. The first-order valence-electron chi connectivity index (χ1n) is 21.8. The van der Waals surface area contributed by atoms with E-state index in [0.717, 1.165) is 22.7 Å². The fourth-order valence-electron chi connectivity index (χ4n) is 10.3. The summed E-state index contributed by atoms with van der Waals surface area (Å²) >= 11 is 0. The van der Waals surface area contributed by atoms with Crippen LogP contribution < -0.4 is 4.90 Å². The molecule has 0 aliphatic heterocycles. The highest BCUT2D eigenvalue weighted by Crippen LogP contribution is 2.57. The van der Waals surface area contributed by atoms with Crippen LogP contribution in [0.15, 0.2) is 255 Å². The van der Waals surface area contributed by atoms with Crippen molar-refractivity contribution in [3.8, 4) is 39.1 Å². The van der Waals surface area contributed by atoms with Crippen molar-refractivity contribution in [1.29, 1.82) is 0 Å². The van der Waals surface area contributed by atoms with Crippen LogP contribution in [0.5, 0.6) is 0 Å². The van der Waals surface area contributed by atoms with Gasteiger partial charge in [0, 0.05) is 33.4 Å². The highest BCUT2D eigenvalue weighted by Gasteiger charge is 2.46. The van der Waals surface area contributed by atoms with Crippen molar-refractivity contribution in [1.82, 2.24) is 4.57 Å². The summed E-state index contributed by atoms with van der Waals surface area (Å²) in [5, 5.41) is 2.52. The third kappa shape index (κ3) is 5.87. The van der Waals surface area contributed by atoms with Crippen LogP contribution in [-0.4, -0.2) is 4.57 Å². The first kappa shape index (κ1) is 36.6. The van der Waals surface area contributed by atoms with Gasteiger partial charge in [-0.1, -0.05) is 200 Å². The number of hydrogen-bond acceptors (Lipinski definition) is 1. The second kappa shape index (κ2) is 15.1. The summed E-state index contributed by atoms with van der Waals surface area (Å²) in [6, 6.07) is 93.3. The molecule has 1 unspecified atom stereocenters. The molecule has 2 nitrogen and oxygen atoms in total. The van der Waals surface area contributed by atoms with Crippen LogP contribution in [0.3, 0.4) is 0 Å². The van der Waals surface area contributed by atoms with Gasteiger partial charge in [0.25, 0.3) is 0 Å². The Kier molecular flexibility index (Phi) is 8.76. The number of aromatic nitrogens is 1. The molecule has 0 bridgehead atoms. The predicted octanol–water partition coefficient (Wildman–Crippen LogP) is 16.0. The summed E-state index contributed by atoms with van der Waals surface area (Å²) < 4.78 is 2.41. The van der Waals surface area contributed by atoms with Gasteiger partial charge in [-0.05, 0) is 105 Å². The van der Waals surface area contributed by atoms with Gasteiger partial charge < -0.3 is 9.47 Å². The molecule has 12 rings (SSSR count). The van der Waals surface area contributed by atoms with Gasteiger partial charge in [-0.25, -0.2) is 0 Å². The van der Waals surface area contributed by atoms with E-state index >= 15 is 0 Å². The zero-order valence-electron chi connectivity index (χ0n) is 34.6. The SMILES string of the molecule is c1ccc(-c2ccc(N(c3ccc4c(c3)C(c3ccccc3)(c3ccc(-n5c6ccccc6c6ccccc65)cc3)c3ccccc3-4)c3ccccc3-c3ccccc3)cc2)cc1. The Balaban J connectivity index is 1.08. The fourth-order valence-corrected chi connectivity index (χ4v) is 10.3. The maximum Gasteiger partial charge on any atom is 0.0714 e. The molecule has 1 aliphatic rings. The second-order valence-electron chi connectivity index (χ2n) is 16.4. The predicted molar refractivity (Wildman–Crippen MR) is 264 cm³/mol. The van der Waals surface area contributed by atoms with Gasteiger partial charge in [0.05, 0.1) is 22.1 Å². The van der Waals surface area contributed by atoms with E-state index in [4.69, 9.17) is 0 Å². The largest absolute Gasteiger partial charge is 0.310 e. The summed E-state index contributed by atoms with van der Waals surface area (Å²) in [6.45, 7) is 0. The number of para-hydroxylation sites is 3. The summed E-state index contributed by atoms with van der Waals surface area (Å²) in [5.41, 5.74) is 18.5. The van der Waals surface area contributed by atoms with Gasteiger partial charge in [0.1, 0.15) is 0 Å². The number of benzene rings is 10. The van der Waals surface area contributed by atoms with E-state index < -0.39 is 5.41 Å². The Labute approximate surface area is 368 Å². The minimum absolute atomic E-state index is 0.593. The first-order chi connectivity index (χ1) is 31.3. The van der Waals surface area contributed by atoms with Gasteiger partial charge in [0.2, 0.25) is 0 Å². The summed E-state index contributed by atoms with van der Waals surface area (Å²) in [5.74, 6) is 0. The van der Waals surface area contributed by atoms with Gasteiger partial charge in [-0.3, -0.25) is 0 Å². The molecule has 2 heteroatoms. The highest BCUT2D eigenvalue weighted by atomic mass is 15.1. The van der Waals surface area contributed by atoms with Crippen molar-refractivity contribution < 1.29 is 0 Å². The number of rotatable bonds is 8. The van der Waals surface area contributed by atoms with Crippen LogP contribution in [-0.2, 0) is 5.41 Å².